The van der Waals surface area contributed by atoms with E-state index in [0.29, 0.717) is 20.9 Å². The van der Waals surface area contributed by atoms with Gasteiger partial charge in [-0.15, -0.1) is 0 Å². The number of hydrogen-bond acceptors (Lipinski definition) is 7. The Morgan fingerprint density at radius 1 is 1.25 bits per heavy atom. The van der Waals surface area contributed by atoms with Crippen LogP contribution in [0.25, 0.3) is 10.2 Å². The summed E-state index contributed by atoms with van der Waals surface area (Å²) in [6.07, 6.45) is 1.39. The second kappa shape index (κ2) is 6.39. The standard InChI is InChI=1S/C19H16N2O5S2/c1-19(10-11-5-3-4-6-13(11)16(22)26-19)17(23)21-18-20-14-8-7-12(28(2,24)25)9-15(14)27-18/h3-9H,10H2,1-2H3,(H,20,21,23)/t19-/m1/s1. The van der Waals surface area contributed by atoms with Gasteiger partial charge in [0, 0.05) is 12.7 Å². The molecule has 1 aromatic heterocycles. The topological polar surface area (TPSA) is 102 Å². The molecule has 0 saturated heterocycles. The average molecular weight is 416 g/mol. The van der Waals surface area contributed by atoms with Gasteiger partial charge >= 0.3 is 5.97 Å². The first-order valence-electron chi connectivity index (χ1n) is 8.39. The van der Waals surface area contributed by atoms with Crippen molar-refractivity contribution >= 4 is 48.4 Å². The van der Waals surface area contributed by atoms with Gasteiger partial charge in [-0.2, -0.15) is 0 Å². The summed E-state index contributed by atoms with van der Waals surface area (Å²) >= 11 is 1.16. The number of nitrogens with one attached hydrogen (secondary N) is 1. The third-order valence-corrected chi connectivity index (χ3v) is 6.62. The summed E-state index contributed by atoms with van der Waals surface area (Å²) in [5.41, 5.74) is 0.421. The molecular weight excluding hydrogens is 400 g/mol. The number of nitrogens with zero attached hydrogens (tertiary/aromatic N) is 1. The number of aromatic nitrogens is 1. The number of amides is 1. The lowest BCUT2D eigenvalue weighted by molar-refractivity contribution is -0.134. The lowest BCUT2D eigenvalue weighted by Crippen LogP contribution is -2.48. The molecule has 2 aromatic carbocycles. The van der Waals surface area contributed by atoms with Crippen LogP contribution in [0.15, 0.2) is 47.4 Å². The van der Waals surface area contributed by atoms with Crippen LogP contribution in [0.5, 0.6) is 0 Å². The van der Waals surface area contributed by atoms with Crippen LogP contribution >= 0.6 is 11.3 Å². The summed E-state index contributed by atoms with van der Waals surface area (Å²) in [7, 11) is -3.34. The summed E-state index contributed by atoms with van der Waals surface area (Å²) in [5.74, 6) is -1.03. The zero-order valence-corrected chi connectivity index (χ0v) is 16.7. The molecule has 1 atom stereocenters. The van der Waals surface area contributed by atoms with Gasteiger partial charge in [0.1, 0.15) is 0 Å². The number of sulfone groups is 1. The molecular formula is C19H16N2O5S2. The number of esters is 1. The maximum atomic E-state index is 12.8. The first-order chi connectivity index (χ1) is 13.2. The number of ether oxygens (including phenoxy) is 1. The number of cyclic esters (lactones) is 1. The van der Waals surface area contributed by atoms with E-state index < -0.39 is 27.3 Å². The van der Waals surface area contributed by atoms with E-state index in [-0.39, 0.29) is 11.3 Å². The molecule has 1 N–H and O–H groups in total. The zero-order valence-electron chi connectivity index (χ0n) is 15.1. The van der Waals surface area contributed by atoms with Crippen molar-refractivity contribution < 1.29 is 22.7 Å². The van der Waals surface area contributed by atoms with E-state index in [1.807, 2.05) is 6.07 Å². The normalized spacial score (nSPS) is 19.1. The molecule has 3 aromatic rings. The molecule has 0 radical (unpaired) electrons. The van der Waals surface area contributed by atoms with Gasteiger partial charge in [0.05, 0.1) is 20.7 Å². The summed E-state index contributed by atoms with van der Waals surface area (Å²) < 4.78 is 29.5. The van der Waals surface area contributed by atoms with Crippen LogP contribution in [0.1, 0.15) is 22.8 Å². The second-order valence-corrected chi connectivity index (χ2v) is 9.88. The van der Waals surface area contributed by atoms with Gasteiger partial charge in [-0.3, -0.25) is 10.1 Å². The maximum Gasteiger partial charge on any atom is 0.339 e. The fourth-order valence-electron chi connectivity index (χ4n) is 3.08. The molecule has 0 bridgehead atoms. The van der Waals surface area contributed by atoms with E-state index in [2.05, 4.69) is 10.3 Å². The molecule has 0 spiro atoms. The van der Waals surface area contributed by atoms with E-state index >= 15 is 0 Å². The monoisotopic (exact) mass is 416 g/mol. The van der Waals surface area contributed by atoms with Crippen LogP contribution in [0.2, 0.25) is 0 Å². The molecule has 4 rings (SSSR count). The van der Waals surface area contributed by atoms with Crippen molar-refractivity contribution in [1.82, 2.24) is 4.98 Å². The van der Waals surface area contributed by atoms with Gasteiger partial charge < -0.3 is 4.74 Å². The highest BCUT2D eigenvalue weighted by Crippen LogP contribution is 2.32. The Morgan fingerprint density at radius 3 is 2.75 bits per heavy atom. The van der Waals surface area contributed by atoms with Crippen molar-refractivity contribution in [1.29, 1.82) is 0 Å². The van der Waals surface area contributed by atoms with Crippen LogP contribution in [-0.2, 0) is 25.8 Å². The highest BCUT2D eigenvalue weighted by molar-refractivity contribution is 7.90. The number of anilines is 1. The first kappa shape index (κ1) is 18.6. The van der Waals surface area contributed by atoms with E-state index in [1.165, 1.54) is 12.1 Å². The Bertz CT molecular complexity index is 1230. The van der Waals surface area contributed by atoms with Gasteiger partial charge in [-0.25, -0.2) is 18.2 Å². The predicted molar refractivity (Wildman–Crippen MR) is 105 cm³/mol. The van der Waals surface area contributed by atoms with Gasteiger partial charge in [0.25, 0.3) is 5.91 Å². The van der Waals surface area contributed by atoms with Crippen molar-refractivity contribution in [2.24, 2.45) is 0 Å². The fraction of sp³-hybridized carbons (Fsp3) is 0.211. The van der Waals surface area contributed by atoms with E-state index in [0.717, 1.165) is 23.2 Å². The SMILES string of the molecule is C[C@]1(C(=O)Nc2nc3ccc(S(C)(=O)=O)cc3s2)Cc2ccccc2C(=O)O1. The molecule has 0 fully saturated rings. The highest BCUT2D eigenvalue weighted by atomic mass is 32.2. The summed E-state index contributed by atoms with van der Waals surface area (Å²) in [6.45, 7) is 1.56. The number of rotatable bonds is 3. The van der Waals surface area contributed by atoms with Crippen molar-refractivity contribution in [2.75, 3.05) is 11.6 Å². The molecule has 144 valence electrons. The lowest BCUT2D eigenvalue weighted by atomic mass is 9.89. The predicted octanol–water partition coefficient (Wildman–Crippen LogP) is 2.81. The number of fused-ring (bicyclic) bond motifs is 2. The molecule has 0 saturated carbocycles. The quantitative estimate of drug-likeness (QED) is 0.659. The van der Waals surface area contributed by atoms with Crippen LogP contribution < -0.4 is 5.32 Å². The fourth-order valence-corrected chi connectivity index (χ4v) is 4.70. The van der Waals surface area contributed by atoms with Crippen molar-refractivity contribution in [3.8, 4) is 0 Å². The van der Waals surface area contributed by atoms with Crippen LogP contribution in [0, 0.1) is 0 Å². The molecule has 28 heavy (non-hydrogen) atoms. The largest absolute Gasteiger partial charge is 0.445 e. The number of hydrogen-bond donors (Lipinski definition) is 1. The Hall–Kier alpha value is -2.78. The third kappa shape index (κ3) is 3.27. The summed E-state index contributed by atoms with van der Waals surface area (Å²) in [5, 5.41) is 3.00. The Labute approximate surface area is 165 Å². The Balaban J connectivity index is 1.61. The molecule has 0 unspecified atom stereocenters. The molecule has 0 aliphatic carbocycles. The molecule has 1 amide bonds. The van der Waals surface area contributed by atoms with Crippen molar-refractivity contribution in [3.05, 3.63) is 53.6 Å². The van der Waals surface area contributed by atoms with Crippen molar-refractivity contribution in [2.45, 2.75) is 23.8 Å². The number of carbonyl (C=O) groups is 2. The average Bonchev–Trinajstić information content (AvgIpc) is 3.02. The smallest absolute Gasteiger partial charge is 0.339 e. The van der Waals surface area contributed by atoms with Crippen LogP contribution in [-0.4, -0.2) is 37.1 Å². The lowest BCUT2D eigenvalue weighted by Gasteiger charge is -2.32. The molecule has 1 aliphatic rings. The van der Waals surface area contributed by atoms with E-state index in [1.54, 1.807) is 31.2 Å². The molecule has 2 heterocycles. The number of benzene rings is 2. The minimum absolute atomic E-state index is 0.186. The van der Waals surface area contributed by atoms with Gasteiger partial charge in [0.15, 0.2) is 20.6 Å². The summed E-state index contributed by atoms with van der Waals surface area (Å²) in [4.78, 5) is 29.6. The molecule has 9 heteroatoms. The third-order valence-electron chi connectivity index (χ3n) is 4.57. The molecule has 1 aliphatic heterocycles. The summed E-state index contributed by atoms with van der Waals surface area (Å²) in [6, 6.07) is 11.6. The highest BCUT2D eigenvalue weighted by Gasteiger charge is 2.42. The van der Waals surface area contributed by atoms with E-state index in [9.17, 15) is 18.0 Å². The van der Waals surface area contributed by atoms with Gasteiger partial charge in [0.2, 0.25) is 0 Å². The van der Waals surface area contributed by atoms with Crippen LogP contribution in [0.4, 0.5) is 5.13 Å². The second-order valence-electron chi connectivity index (χ2n) is 6.83. The maximum absolute atomic E-state index is 12.8. The minimum atomic E-state index is -3.34. The Morgan fingerprint density at radius 2 is 2.00 bits per heavy atom. The molecule has 7 nitrogen and oxygen atoms in total. The van der Waals surface area contributed by atoms with Crippen molar-refractivity contribution in [3.63, 3.8) is 0 Å². The van der Waals surface area contributed by atoms with Gasteiger partial charge in [-0.05, 0) is 36.8 Å². The number of thiazole rings is 1. The Kier molecular flexibility index (Phi) is 4.24. The zero-order chi connectivity index (χ0) is 20.1. The van der Waals surface area contributed by atoms with Gasteiger partial charge in [-0.1, -0.05) is 29.5 Å². The van der Waals surface area contributed by atoms with Crippen LogP contribution in [0.3, 0.4) is 0 Å². The minimum Gasteiger partial charge on any atom is -0.445 e. The van der Waals surface area contributed by atoms with E-state index in [4.69, 9.17) is 4.74 Å². The number of carbonyl (C=O) groups excluding carboxylic acids is 2. The first-order valence-corrected chi connectivity index (χ1v) is 11.1.